The van der Waals surface area contributed by atoms with Crippen LogP contribution in [0.5, 0.6) is 11.5 Å². The second-order valence-corrected chi connectivity index (χ2v) is 3.19. The van der Waals surface area contributed by atoms with Crippen molar-refractivity contribution in [3.05, 3.63) is 23.8 Å². The molecule has 1 heterocycles. The smallest absolute Gasteiger partial charge is 0.569 e. The van der Waals surface area contributed by atoms with Crippen LogP contribution < -0.4 is 9.39 Å². The molecule has 0 radical (unpaired) electrons. The minimum atomic E-state index is -4.25. The molecule has 0 aliphatic carbocycles. The number of fused-ring (bicyclic) bond motifs is 1. The molecule has 1 aliphatic rings. The first-order valence-corrected chi connectivity index (χ1v) is 4.42. The van der Waals surface area contributed by atoms with E-state index in [4.69, 9.17) is 4.74 Å². The van der Waals surface area contributed by atoms with E-state index in [1.165, 1.54) is 20.1 Å². The summed E-state index contributed by atoms with van der Waals surface area (Å²) < 4.78 is 39.6. The van der Waals surface area contributed by atoms with Crippen LogP contribution in [-0.4, -0.2) is 20.0 Å². The van der Waals surface area contributed by atoms with E-state index in [0.717, 1.165) is 0 Å². The molecule has 0 bridgehead atoms. The Hall–Kier alpha value is -1.59. The number of hydrogen-bond donors (Lipinski definition) is 0. The van der Waals surface area contributed by atoms with E-state index < -0.39 is 7.11 Å². The molecule has 2 rings (SSSR count). The molecule has 6 heteroatoms. The normalized spacial score (nSPS) is 17.5. The van der Waals surface area contributed by atoms with Crippen molar-refractivity contribution < 1.29 is 22.4 Å². The SMILES string of the molecule is COc1ccc2c(c1)O[B-](F)(F)[O+]=C2C. The van der Waals surface area contributed by atoms with Crippen molar-refractivity contribution in [3.8, 4) is 11.5 Å². The van der Waals surface area contributed by atoms with Crippen molar-refractivity contribution in [1.82, 2.24) is 0 Å². The number of hydrogen-bond acceptors (Lipinski definition) is 2. The Balaban J connectivity index is 2.51. The molecule has 1 aromatic carbocycles. The van der Waals surface area contributed by atoms with Crippen molar-refractivity contribution in [1.29, 1.82) is 0 Å². The van der Waals surface area contributed by atoms with Crippen LogP contribution >= 0.6 is 0 Å². The fraction of sp³-hybridized carbons (Fsp3) is 0.222. The third-order valence-corrected chi connectivity index (χ3v) is 2.15. The summed E-state index contributed by atoms with van der Waals surface area (Å²) in [6, 6.07) is 4.69. The van der Waals surface area contributed by atoms with Crippen LogP contribution in [0.4, 0.5) is 8.63 Å². The molecule has 0 atom stereocenters. The van der Waals surface area contributed by atoms with Crippen LogP contribution in [0, 0.1) is 0 Å². The van der Waals surface area contributed by atoms with Gasteiger partial charge < -0.3 is 22.4 Å². The molecule has 0 amide bonds. The van der Waals surface area contributed by atoms with Gasteiger partial charge in [-0.25, -0.2) is 0 Å². The molecule has 3 nitrogen and oxygen atoms in total. The van der Waals surface area contributed by atoms with E-state index >= 15 is 0 Å². The van der Waals surface area contributed by atoms with Gasteiger partial charge in [0, 0.05) is 13.0 Å². The van der Waals surface area contributed by atoms with E-state index in [2.05, 4.69) is 9.00 Å². The summed E-state index contributed by atoms with van der Waals surface area (Å²) in [6.45, 7) is 1.48. The molecule has 0 N–H and O–H groups in total. The molecule has 0 spiro atoms. The lowest BCUT2D eigenvalue weighted by atomic mass is 10.1. The Morgan fingerprint density at radius 1 is 1.40 bits per heavy atom. The highest BCUT2D eigenvalue weighted by Gasteiger charge is 2.53. The van der Waals surface area contributed by atoms with Crippen LogP contribution in [0.25, 0.3) is 0 Å². The first-order chi connectivity index (χ1) is 7.02. The van der Waals surface area contributed by atoms with Gasteiger partial charge in [-0.15, -0.1) is 0 Å². The maximum Gasteiger partial charge on any atom is 0.994 e. The molecule has 80 valence electrons. The minimum Gasteiger partial charge on any atom is -0.569 e. The Kier molecular flexibility index (Phi) is 2.14. The highest BCUT2D eigenvalue weighted by atomic mass is 19.3. The summed E-state index contributed by atoms with van der Waals surface area (Å²) in [6.07, 6.45) is 0. The molecular weight excluding hydrogens is 205 g/mol. The lowest BCUT2D eigenvalue weighted by molar-refractivity contribution is -0.181. The summed E-state index contributed by atoms with van der Waals surface area (Å²) in [7, 11) is -2.79. The van der Waals surface area contributed by atoms with Crippen molar-refractivity contribution in [2.75, 3.05) is 7.11 Å². The third-order valence-electron chi connectivity index (χ3n) is 2.15. The van der Waals surface area contributed by atoms with Crippen molar-refractivity contribution >= 4 is 12.9 Å². The van der Waals surface area contributed by atoms with Gasteiger partial charge in [-0.3, -0.25) is 0 Å². The molecule has 0 fully saturated rings. The Labute approximate surface area is 85.4 Å². The molecule has 0 saturated heterocycles. The maximum absolute atomic E-state index is 12.9. The van der Waals surface area contributed by atoms with Gasteiger partial charge >= 0.3 is 7.11 Å². The largest absolute Gasteiger partial charge is 0.994 e. The zero-order valence-corrected chi connectivity index (χ0v) is 8.29. The van der Waals surface area contributed by atoms with Gasteiger partial charge in [-0.2, -0.15) is 0 Å². The van der Waals surface area contributed by atoms with E-state index in [-0.39, 0.29) is 11.5 Å². The second kappa shape index (κ2) is 3.22. The minimum absolute atomic E-state index is 0.0862. The summed E-state index contributed by atoms with van der Waals surface area (Å²) in [5, 5.41) is 0. The zero-order valence-electron chi connectivity index (χ0n) is 8.29. The van der Waals surface area contributed by atoms with Crippen LogP contribution in [0.3, 0.4) is 0 Å². The Morgan fingerprint density at radius 2 is 2.13 bits per heavy atom. The lowest BCUT2D eigenvalue weighted by Crippen LogP contribution is -2.35. The summed E-state index contributed by atoms with van der Waals surface area (Å²) >= 11 is 0. The van der Waals surface area contributed by atoms with E-state index in [9.17, 15) is 8.63 Å². The fourth-order valence-corrected chi connectivity index (χ4v) is 1.46. The summed E-state index contributed by atoms with van der Waals surface area (Å²) in [5.74, 6) is 0.710. The fourth-order valence-electron chi connectivity index (χ4n) is 1.46. The zero-order chi connectivity index (χ0) is 11.1. The highest BCUT2D eigenvalue weighted by molar-refractivity contribution is 6.52. The number of halogens is 2. The Bertz CT molecular complexity index is 431. The topological polar surface area (TPSA) is 29.8 Å². The van der Waals surface area contributed by atoms with Crippen LogP contribution in [0.1, 0.15) is 16.8 Å². The van der Waals surface area contributed by atoms with E-state index in [1.54, 1.807) is 12.1 Å². The van der Waals surface area contributed by atoms with Crippen LogP contribution in [-0.2, 0) is 0 Å². The number of ether oxygens (including phenoxy) is 1. The third kappa shape index (κ3) is 1.79. The number of ketones is 1. The molecule has 0 aromatic heterocycles. The van der Waals surface area contributed by atoms with Crippen molar-refractivity contribution in [2.24, 2.45) is 0 Å². The summed E-state index contributed by atoms with van der Waals surface area (Å²) in [4.78, 5) is 0. The van der Waals surface area contributed by atoms with Gasteiger partial charge in [0.05, 0.1) is 12.9 Å². The lowest BCUT2D eigenvalue weighted by Gasteiger charge is -2.20. The molecular formula is C9H9BF2O3. The summed E-state index contributed by atoms with van der Waals surface area (Å²) in [5.41, 5.74) is 0.517. The van der Waals surface area contributed by atoms with Gasteiger partial charge in [-0.1, -0.05) is 0 Å². The molecule has 1 aromatic rings. The van der Waals surface area contributed by atoms with Crippen LogP contribution in [0.2, 0.25) is 0 Å². The number of methoxy groups -OCH3 is 1. The first kappa shape index (κ1) is 9.95. The Morgan fingerprint density at radius 3 is 2.80 bits per heavy atom. The average Bonchev–Trinajstić information content (AvgIpc) is 2.14. The monoisotopic (exact) mass is 214 g/mol. The van der Waals surface area contributed by atoms with Gasteiger partial charge in [-0.05, 0) is 12.1 Å². The van der Waals surface area contributed by atoms with Crippen molar-refractivity contribution in [3.63, 3.8) is 0 Å². The average molecular weight is 214 g/mol. The van der Waals surface area contributed by atoms with Gasteiger partial charge in [0.25, 0.3) is 5.78 Å². The van der Waals surface area contributed by atoms with Gasteiger partial charge in [0.15, 0.2) is 0 Å². The van der Waals surface area contributed by atoms with Gasteiger partial charge in [0.2, 0.25) is 0 Å². The number of carbonyl (C=O) groups excluding carboxylic acids is 1. The highest BCUT2D eigenvalue weighted by Crippen LogP contribution is 2.32. The molecule has 0 unspecified atom stereocenters. The number of rotatable bonds is 1. The number of benzene rings is 1. The second-order valence-electron chi connectivity index (χ2n) is 3.19. The first-order valence-electron chi connectivity index (χ1n) is 4.42. The van der Waals surface area contributed by atoms with E-state index in [1.807, 2.05) is 0 Å². The molecule has 0 saturated carbocycles. The predicted molar refractivity (Wildman–Crippen MR) is 51.6 cm³/mol. The quantitative estimate of drug-likeness (QED) is 0.529. The molecule has 1 aliphatic heterocycles. The predicted octanol–water partition coefficient (Wildman–Crippen LogP) is 2.20. The van der Waals surface area contributed by atoms with Gasteiger partial charge in [0.1, 0.15) is 11.3 Å². The van der Waals surface area contributed by atoms with Crippen LogP contribution in [0.15, 0.2) is 18.2 Å². The standard InChI is InChI=1S/C9H9BF2O3/c1-6-8-4-3-7(13-2)5-9(8)15-10(11,12)14-6/h3-5H,1-2H3. The molecule has 15 heavy (non-hydrogen) atoms. The maximum atomic E-state index is 12.9. The van der Waals surface area contributed by atoms with E-state index in [0.29, 0.717) is 11.3 Å². The van der Waals surface area contributed by atoms with Crippen molar-refractivity contribution in [2.45, 2.75) is 6.92 Å².